The molecule has 0 bridgehead atoms. The second-order valence-corrected chi connectivity index (χ2v) is 7.05. The molecule has 0 saturated carbocycles. The Labute approximate surface area is 130 Å². The maximum absolute atomic E-state index is 12.3. The van der Waals surface area contributed by atoms with E-state index in [4.69, 9.17) is 0 Å². The van der Waals surface area contributed by atoms with Gasteiger partial charge in [-0.15, -0.1) is 11.3 Å². The maximum Gasteiger partial charge on any atom is 0.261 e. The number of hydrogen-bond donors (Lipinski definition) is 1. The number of fused-ring (bicyclic) bond motifs is 1. The molecule has 0 radical (unpaired) electrons. The maximum atomic E-state index is 12.3. The summed E-state index contributed by atoms with van der Waals surface area (Å²) < 4.78 is 1.22. The number of nitrogens with zero attached hydrogens (tertiary/aromatic N) is 1. The Morgan fingerprint density at radius 2 is 2.14 bits per heavy atom. The molecular weight excluding hydrogens is 280 g/mol. The van der Waals surface area contributed by atoms with E-state index in [0.717, 1.165) is 24.4 Å². The fraction of sp³-hybridized carbons (Fsp3) is 0.471. The van der Waals surface area contributed by atoms with Crippen molar-refractivity contribution in [2.45, 2.75) is 32.2 Å². The average Bonchev–Trinajstić information content (AvgIpc) is 3.10. The van der Waals surface area contributed by atoms with E-state index in [9.17, 15) is 4.79 Å². The minimum absolute atomic E-state index is 0.0502. The fourth-order valence-electron chi connectivity index (χ4n) is 3.24. The van der Waals surface area contributed by atoms with Gasteiger partial charge >= 0.3 is 0 Å². The van der Waals surface area contributed by atoms with Gasteiger partial charge in [0, 0.05) is 30.3 Å². The minimum Gasteiger partial charge on any atom is -0.354 e. The van der Waals surface area contributed by atoms with Crippen LogP contribution in [0.25, 0.3) is 10.1 Å². The van der Waals surface area contributed by atoms with Crippen molar-refractivity contribution in [1.29, 1.82) is 0 Å². The molecule has 1 saturated heterocycles. The molecule has 1 aliphatic heterocycles. The van der Waals surface area contributed by atoms with Crippen molar-refractivity contribution in [3.8, 4) is 0 Å². The Bertz CT molecular complexity index is 662. The fourth-order valence-corrected chi connectivity index (χ4v) is 4.48. The zero-order valence-electron chi connectivity index (χ0n) is 12.8. The molecule has 1 aromatic carbocycles. The van der Waals surface area contributed by atoms with E-state index >= 15 is 0 Å². The van der Waals surface area contributed by atoms with Crippen LogP contribution in [-0.4, -0.2) is 37.0 Å². The lowest BCUT2D eigenvalue weighted by molar-refractivity contribution is 0.0966. The number of carbonyl (C=O) groups excluding carboxylic acids is 1. The number of likely N-dealkylation sites (tertiary alicyclic amines) is 1. The van der Waals surface area contributed by atoms with Crippen LogP contribution in [0.1, 0.15) is 41.4 Å². The molecule has 0 spiro atoms. The minimum atomic E-state index is 0.0502. The molecule has 2 aromatic rings. The molecule has 1 aromatic heterocycles. The lowest BCUT2D eigenvalue weighted by Gasteiger charge is -2.20. The van der Waals surface area contributed by atoms with Gasteiger partial charge in [0.15, 0.2) is 0 Å². The van der Waals surface area contributed by atoms with Gasteiger partial charge in [0.25, 0.3) is 5.91 Å². The molecule has 21 heavy (non-hydrogen) atoms. The molecule has 4 heteroatoms. The Morgan fingerprint density at radius 3 is 2.81 bits per heavy atom. The van der Waals surface area contributed by atoms with E-state index in [1.807, 2.05) is 6.07 Å². The lowest BCUT2D eigenvalue weighted by Crippen LogP contribution is -2.28. The number of rotatable bonds is 3. The van der Waals surface area contributed by atoms with E-state index in [1.165, 1.54) is 15.6 Å². The first kappa shape index (κ1) is 14.5. The van der Waals surface area contributed by atoms with Crippen molar-refractivity contribution in [3.05, 3.63) is 34.7 Å². The quantitative estimate of drug-likeness (QED) is 0.941. The molecule has 2 heterocycles. The molecule has 0 aliphatic carbocycles. The van der Waals surface area contributed by atoms with Gasteiger partial charge in [-0.2, -0.15) is 0 Å². The van der Waals surface area contributed by atoms with Gasteiger partial charge in [0.05, 0.1) is 4.88 Å². The first-order chi connectivity index (χ1) is 10.1. The highest BCUT2D eigenvalue weighted by atomic mass is 32.1. The zero-order chi connectivity index (χ0) is 15.0. The van der Waals surface area contributed by atoms with Gasteiger partial charge in [-0.05, 0) is 43.8 Å². The van der Waals surface area contributed by atoms with Crippen LogP contribution in [0.2, 0.25) is 0 Å². The van der Waals surface area contributed by atoms with Gasteiger partial charge in [-0.3, -0.25) is 4.79 Å². The second kappa shape index (κ2) is 5.78. The summed E-state index contributed by atoms with van der Waals surface area (Å²) in [6.45, 7) is 6.67. The normalized spacial score (nSPS) is 19.5. The lowest BCUT2D eigenvalue weighted by atomic mass is 9.95. The Hall–Kier alpha value is -1.39. The molecule has 1 aliphatic rings. The summed E-state index contributed by atoms with van der Waals surface area (Å²) in [6, 6.07) is 8.96. The molecule has 1 N–H and O–H groups in total. The Morgan fingerprint density at radius 1 is 1.38 bits per heavy atom. The van der Waals surface area contributed by atoms with E-state index < -0.39 is 0 Å². The molecule has 1 atom stereocenters. The number of benzene rings is 1. The number of hydrogen-bond acceptors (Lipinski definition) is 3. The van der Waals surface area contributed by atoms with Crippen molar-refractivity contribution in [2.24, 2.45) is 0 Å². The van der Waals surface area contributed by atoms with E-state index in [1.54, 1.807) is 18.4 Å². The van der Waals surface area contributed by atoms with Crippen LogP contribution in [0.15, 0.2) is 24.3 Å². The smallest absolute Gasteiger partial charge is 0.261 e. The summed E-state index contributed by atoms with van der Waals surface area (Å²) in [6.07, 6.45) is 1.14. The number of carbonyl (C=O) groups is 1. The Balaban J connectivity index is 2.06. The summed E-state index contributed by atoms with van der Waals surface area (Å²) in [5.74, 6) is 0.519. The largest absolute Gasteiger partial charge is 0.354 e. The number of nitrogens with one attached hydrogen (secondary N) is 1. The predicted molar refractivity (Wildman–Crippen MR) is 89.3 cm³/mol. The summed E-state index contributed by atoms with van der Waals surface area (Å²) in [7, 11) is 1.71. The van der Waals surface area contributed by atoms with Gasteiger partial charge < -0.3 is 10.2 Å². The average molecular weight is 302 g/mol. The summed E-state index contributed by atoms with van der Waals surface area (Å²) in [5, 5.41) is 4.06. The van der Waals surface area contributed by atoms with Crippen LogP contribution < -0.4 is 5.32 Å². The molecule has 3 nitrogen and oxygen atoms in total. The van der Waals surface area contributed by atoms with Crippen LogP contribution >= 0.6 is 11.3 Å². The SMILES string of the molecule is CNC(=O)c1sc2ccccc2c1C1CCN(C(C)C)C1. The van der Waals surface area contributed by atoms with Crippen LogP contribution in [-0.2, 0) is 0 Å². The van der Waals surface area contributed by atoms with Crippen molar-refractivity contribution in [2.75, 3.05) is 20.1 Å². The highest BCUT2D eigenvalue weighted by molar-refractivity contribution is 7.21. The van der Waals surface area contributed by atoms with Gasteiger partial charge in [-0.25, -0.2) is 0 Å². The van der Waals surface area contributed by atoms with Gasteiger partial charge in [0.2, 0.25) is 0 Å². The van der Waals surface area contributed by atoms with Crippen LogP contribution in [0.4, 0.5) is 0 Å². The first-order valence-corrected chi connectivity index (χ1v) is 8.41. The van der Waals surface area contributed by atoms with E-state index in [0.29, 0.717) is 12.0 Å². The molecule has 1 unspecified atom stereocenters. The third-order valence-corrected chi connectivity index (χ3v) is 5.61. The molecule has 1 amide bonds. The van der Waals surface area contributed by atoms with Crippen molar-refractivity contribution >= 4 is 27.3 Å². The Kier molecular flexibility index (Phi) is 4.00. The van der Waals surface area contributed by atoms with Gasteiger partial charge in [-0.1, -0.05) is 18.2 Å². The summed E-state index contributed by atoms with van der Waals surface area (Å²) in [5.41, 5.74) is 1.26. The highest BCUT2D eigenvalue weighted by Gasteiger charge is 2.31. The molecular formula is C17H22N2OS. The third kappa shape index (κ3) is 2.58. The van der Waals surface area contributed by atoms with Crippen molar-refractivity contribution in [1.82, 2.24) is 10.2 Å². The summed E-state index contributed by atoms with van der Waals surface area (Å²) in [4.78, 5) is 15.7. The van der Waals surface area contributed by atoms with E-state index in [-0.39, 0.29) is 5.91 Å². The van der Waals surface area contributed by atoms with Gasteiger partial charge in [0.1, 0.15) is 0 Å². The van der Waals surface area contributed by atoms with Crippen LogP contribution in [0.5, 0.6) is 0 Å². The standard InChI is InChI=1S/C17H22N2OS/c1-11(2)19-9-8-12(10-19)15-13-6-4-5-7-14(13)21-16(15)17(20)18-3/h4-7,11-12H,8-10H2,1-3H3,(H,18,20). The van der Waals surface area contributed by atoms with Crippen molar-refractivity contribution < 1.29 is 4.79 Å². The second-order valence-electron chi connectivity index (χ2n) is 5.99. The monoisotopic (exact) mass is 302 g/mol. The molecule has 3 rings (SSSR count). The highest BCUT2D eigenvalue weighted by Crippen LogP contribution is 2.40. The van der Waals surface area contributed by atoms with Crippen LogP contribution in [0, 0.1) is 0 Å². The van der Waals surface area contributed by atoms with E-state index in [2.05, 4.69) is 42.3 Å². The topological polar surface area (TPSA) is 32.3 Å². The summed E-state index contributed by atoms with van der Waals surface area (Å²) >= 11 is 1.62. The number of amides is 1. The number of thiophene rings is 1. The van der Waals surface area contributed by atoms with Crippen LogP contribution in [0.3, 0.4) is 0 Å². The van der Waals surface area contributed by atoms with Crippen molar-refractivity contribution in [3.63, 3.8) is 0 Å². The first-order valence-electron chi connectivity index (χ1n) is 7.59. The predicted octanol–water partition coefficient (Wildman–Crippen LogP) is 3.46. The molecule has 1 fully saturated rings. The zero-order valence-corrected chi connectivity index (χ0v) is 13.7. The molecule has 112 valence electrons. The third-order valence-electron chi connectivity index (χ3n) is 4.43.